The van der Waals surface area contributed by atoms with Gasteiger partial charge in [0, 0.05) is 5.56 Å². The Labute approximate surface area is 130 Å². The Morgan fingerprint density at radius 3 is 2.06 bits per heavy atom. The van der Waals surface area contributed by atoms with E-state index < -0.39 is 0 Å². The first kappa shape index (κ1) is 15.8. The number of rotatable bonds is 1. The fraction of sp³-hybridized carbons (Fsp3) is 0.154. The molecule has 0 aliphatic heterocycles. The first-order chi connectivity index (χ1) is 8.61. The SMILES string of the molecule is CC.Clc1nc(Cl)c(-c2ccccc2)c(Cl)c1Br. The van der Waals surface area contributed by atoms with Crippen molar-refractivity contribution >= 4 is 50.7 Å². The summed E-state index contributed by atoms with van der Waals surface area (Å²) in [7, 11) is 0. The van der Waals surface area contributed by atoms with Crippen LogP contribution in [0.15, 0.2) is 34.8 Å². The molecule has 0 saturated heterocycles. The van der Waals surface area contributed by atoms with Gasteiger partial charge in [0.25, 0.3) is 0 Å². The average Bonchev–Trinajstić information content (AvgIpc) is 2.40. The molecule has 0 N–H and O–H groups in total. The van der Waals surface area contributed by atoms with Crippen LogP contribution in [0.1, 0.15) is 13.8 Å². The van der Waals surface area contributed by atoms with E-state index in [-0.39, 0.29) is 5.15 Å². The van der Waals surface area contributed by atoms with Gasteiger partial charge in [0.15, 0.2) is 0 Å². The van der Waals surface area contributed by atoms with Crippen molar-refractivity contribution in [2.45, 2.75) is 13.8 Å². The van der Waals surface area contributed by atoms with Gasteiger partial charge in [0.05, 0.1) is 9.50 Å². The smallest absolute Gasteiger partial charge is 0.146 e. The third-order valence-electron chi connectivity index (χ3n) is 2.06. The number of halogens is 4. The zero-order valence-corrected chi connectivity index (χ0v) is 13.7. The summed E-state index contributed by atoms with van der Waals surface area (Å²) in [5.41, 5.74) is 1.59. The third-order valence-corrected chi connectivity index (χ3v) is 4.21. The van der Waals surface area contributed by atoms with Crippen molar-refractivity contribution in [3.8, 4) is 11.1 Å². The van der Waals surface area contributed by atoms with Gasteiger partial charge in [-0.1, -0.05) is 79.0 Å². The lowest BCUT2D eigenvalue weighted by atomic mass is 10.1. The molecule has 0 spiro atoms. The van der Waals surface area contributed by atoms with Gasteiger partial charge in [-0.3, -0.25) is 0 Å². The molecule has 1 nitrogen and oxygen atoms in total. The van der Waals surface area contributed by atoms with Gasteiger partial charge in [-0.25, -0.2) is 4.98 Å². The quantitative estimate of drug-likeness (QED) is 0.524. The summed E-state index contributed by atoms with van der Waals surface area (Å²) >= 11 is 21.4. The van der Waals surface area contributed by atoms with E-state index in [4.69, 9.17) is 34.8 Å². The van der Waals surface area contributed by atoms with Crippen molar-refractivity contribution in [3.63, 3.8) is 0 Å². The van der Waals surface area contributed by atoms with E-state index in [9.17, 15) is 0 Å². The van der Waals surface area contributed by atoms with E-state index in [1.54, 1.807) is 0 Å². The van der Waals surface area contributed by atoms with E-state index in [1.165, 1.54) is 0 Å². The molecule has 0 bridgehead atoms. The molecule has 0 unspecified atom stereocenters. The van der Waals surface area contributed by atoms with Crippen LogP contribution in [0.3, 0.4) is 0 Å². The fourth-order valence-corrected chi connectivity index (χ4v) is 2.51. The maximum Gasteiger partial charge on any atom is 0.146 e. The van der Waals surface area contributed by atoms with Gasteiger partial charge in [-0.05, 0) is 21.5 Å². The second-order valence-electron chi connectivity index (χ2n) is 3.06. The van der Waals surface area contributed by atoms with E-state index >= 15 is 0 Å². The monoisotopic (exact) mass is 365 g/mol. The molecule has 0 aliphatic rings. The molecule has 0 amide bonds. The molecule has 18 heavy (non-hydrogen) atoms. The van der Waals surface area contributed by atoms with Crippen LogP contribution in [0.4, 0.5) is 0 Å². The zero-order chi connectivity index (χ0) is 13.7. The zero-order valence-electron chi connectivity index (χ0n) is 9.85. The standard InChI is InChI=1S/C11H5BrCl3N.C2H6/c12-8-9(13)7(10(14)16-11(8)15)6-4-2-1-3-5-6;1-2/h1-5H;1-2H3. The summed E-state index contributed by atoms with van der Waals surface area (Å²) in [5, 5.41) is 1.02. The lowest BCUT2D eigenvalue weighted by Crippen LogP contribution is -1.88. The molecule has 2 aromatic rings. The Kier molecular flexibility index (Phi) is 6.44. The van der Waals surface area contributed by atoms with Gasteiger partial charge in [-0.2, -0.15) is 0 Å². The molecule has 96 valence electrons. The lowest BCUT2D eigenvalue weighted by Gasteiger charge is -2.09. The van der Waals surface area contributed by atoms with Crippen molar-refractivity contribution in [2.24, 2.45) is 0 Å². The fourth-order valence-electron chi connectivity index (χ4n) is 1.33. The van der Waals surface area contributed by atoms with Crippen LogP contribution in [-0.2, 0) is 0 Å². The minimum Gasteiger partial charge on any atom is -0.222 e. The van der Waals surface area contributed by atoms with Crippen LogP contribution >= 0.6 is 50.7 Å². The molecule has 0 radical (unpaired) electrons. The van der Waals surface area contributed by atoms with Crippen LogP contribution in [0.25, 0.3) is 11.1 Å². The van der Waals surface area contributed by atoms with Gasteiger partial charge in [0.2, 0.25) is 0 Å². The number of nitrogens with zero attached hydrogens (tertiary/aromatic N) is 1. The van der Waals surface area contributed by atoms with Crippen LogP contribution < -0.4 is 0 Å². The van der Waals surface area contributed by atoms with Crippen molar-refractivity contribution in [1.82, 2.24) is 4.98 Å². The molecular weight excluding hydrogens is 356 g/mol. The summed E-state index contributed by atoms with van der Waals surface area (Å²) in [6.45, 7) is 4.00. The molecule has 0 aliphatic carbocycles. The van der Waals surface area contributed by atoms with E-state index in [0.29, 0.717) is 20.2 Å². The average molecular weight is 368 g/mol. The highest BCUT2D eigenvalue weighted by Crippen LogP contribution is 2.40. The minimum absolute atomic E-state index is 0.259. The first-order valence-electron chi connectivity index (χ1n) is 5.36. The summed E-state index contributed by atoms with van der Waals surface area (Å²) in [6, 6.07) is 9.56. The Morgan fingerprint density at radius 1 is 0.944 bits per heavy atom. The second kappa shape index (κ2) is 7.34. The summed E-state index contributed by atoms with van der Waals surface area (Å²) < 4.78 is 0.555. The second-order valence-corrected chi connectivity index (χ2v) is 4.95. The molecule has 5 heteroatoms. The highest BCUT2D eigenvalue weighted by molar-refractivity contribution is 9.10. The Hall–Kier alpha value is -0.280. The highest BCUT2D eigenvalue weighted by Gasteiger charge is 2.15. The first-order valence-corrected chi connectivity index (χ1v) is 7.29. The molecular formula is C13H11BrCl3N. The van der Waals surface area contributed by atoms with Gasteiger partial charge < -0.3 is 0 Å². The van der Waals surface area contributed by atoms with Crippen LogP contribution in [-0.4, -0.2) is 4.98 Å². The largest absolute Gasteiger partial charge is 0.222 e. The van der Waals surface area contributed by atoms with Gasteiger partial charge in [0.1, 0.15) is 10.3 Å². The predicted octanol–water partition coefficient (Wildman–Crippen LogP) is 6.50. The Bertz CT molecular complexity index is 530. The minimum atomic E-state index is 0.259. The van der Waals surface area contributed by atoms with Crippen molar-refractivity contribution in [3.05, 3.63) is 50.1 Å². The number of benzene rings is 1. The van der Waals surface area contributed by atoms with Crippen LogP contribution in [0.2, 0.25) is 15.3 Å². The van der Waals surface area contributed by atoms with E-state index in [1.807, 2.05) is 44.2 Å². The molecule has 1 aromatic heterocycles. The normalized spacial score (nSPS) is 9.67. The molecule has 1 heterocycles. The van der Waals surface area contributed by atoms with Crippen LogP contribution in [0, 0.1) is 0 Å². The third kappa shape index (κ3) is 3.39. The van der Waals surface area contributed by atoms with E-state index in [0.717, 1.165) is 5.56 Å². The Balaban J connectivity index is 0.000000771. The Morgan fingerprint density at radius 2 is 1.50 bits per heavy atom. The van der Waals surface area contributed by atoms with Crippen molar-refractivity contribution in [1.29, 1.82) is 0 Å². The maximum absolute atomic E-state index is 6.18. The van der Waals surface area contributed by atoms with E-state index in [2.05, 4.69) is 20.9 Å². The van der Waals surface area contributed by atoms with Crippen LogP contribution in [0.5, 0.6) is 0 Å². The molecule has 1 aromatic carbocycles. The summed E-state index contributed by atoms with van der Waals surface area (Å²) in [6.07, 6.45) is 0. The topological polar surface area (TPSA) is 12.9 Å². The van der Waals surface area contributed by atoms with Crippen molar-refractivity contribution < 1.29 is 0 Å². The molecule has 2 rings (SSSR count). The number of aromatic nitrogens is 1. The summed E-state index contributed by atoms with van der Waals surface area (Å²) in [4.78, 5) is 4.01. The molecule has 0 saturated carbocycles. The number of hydrogen-bond acceptors (Lipinski definition) is 1. The number of hydrogen-bond donors (Lipinski definition) is 0. The highest BCUT2D eigenvalue weighted by atomic mass is 79.9. The predicted molar refractivity (Wildman–Crippen MR) is 83.8 cm³/mol. The van der Waals surface area contributed by atoms with Gasteiger partial charge in [-0.15, -0.1) is 0 Å². The number of pyridine rings is 1. The maximum atomic E-state index is 6.18. The lowest BCUT2D eigenvalue weighted by molar-refractivity contribution is 1.31. The van der Waals surface area contributed by atoms with Crippen molar-refractivity contribution in [2.75, 3.05) is 0 Å². The summed E-state index contributed by atoms with van der Waals surface area (Å²) in [5.74, 6) is 0. The van der Waals surface area contributed by atoms with Gasteiger partial charge >= 0.3 is 0 Å². The molecule has 0 fully saturated rings. The molecule has 0 atom stereocenters.